The van der Waals surface area contributed by atoms with E-state index in [0.29, 0.717) is 26.2 Å². The van der Waals surface area contributed by atoms with Crippen LogP contribution in [0.2, 0.25) is 0 Å². The SMILES string of the molecule is C[C@@H]1CN(C(=O)NCc2nc3ccccc3s2)CCO1. The van der Waals surface area contributed by atoms with E-state index in [0.717, 1.165) is 15.2 Å². The smallest absolute Gasteiger partial charge is 0.317 e. The molecule has 0 radical (unpaired) electrons. The number of carbonyl (C=O) groups is 1. The Bertz CT molecular complexity index is 580. The fraction of sp³-hybridized carbons (Fsp3) is 0.429. The van der Waals surface area contributed by atoms with Gasteiger partial charge in [-0.05, 0) is 19.1 Å². The zero-order valence-corrected chi connectivity index (χ0v) is 12.2. The maximum atomic E-state index is 12.1. The van der Waals surface area contributed by atoms with Gasteiger partial charge in [0.25, 0.3) is 0 Å². The third-order valence-corrected chi connectivity index (χ3v) is 4.29. The van der Waals surface area contributed by atoms with Gasteiger partial charge in [0.05, 0.1) is 29.5 Å². The molecule has 1 aliphatic rings. The second-order valence-corrected chi connectivity index (χ2v) is 5.98. The molecule has 106 valence electrons. The summed E-state index contributed by atoms with van der Waals surface area (Å²) in [6, 6.07) is 7.96. The van der Waals surface area contributed by atoms with Crippen LogP contribution in [0.25, 0.3) is 10.2 Å². The number of benzene rings is 1. The number of thiazole rings is 1. The Kier molecular flexibility index (Phi) is 3.84. The number of nitrogens with one attached hydrogen (secondary N) is 1. The molecule has 1 aromatic carbocycles. The highest BCUT2D eigenvalue weighted by atomic mass is 32.1. The van der Waals surface area contributed by atoms with Crippen molar-refractivity contribution >= 4 is 27.6 Å². The van der Waals surface area contributed by atoms with Crippen molar-refractivity contribution in [2.45, 2.75) is 19.6 Å². The molecule has 1 aromatic heterocycles. The Morgan fingerprint density at radius 1 is 1.55 bits per heavy atom. The molecule has 2 aromatic rings. The van der Waals surface area contributed by atoms with Crippen molar-refractivity contribution in [3.05, 3.63) is 29.3 Å². The molecule has 20 heavy (non-hydrogen) atoms. The number of ether oxygens (including phenoxy) is 1. The lowest BCUT2D eigenvalue weighted by Gasteiger charge is -2.31. The van der Waals surface area contributed by atoms with Crippen LogP contribution in [-0.4, -0.2) is 41.7 Å². The van der Waals surface area contributed by atoms with Crippen molar-refractivity contribution in [1.82, 2.24) is 15.2 Å². The van der Waals surface area contributed by atoms with Crippen molar-refractivity contribution in [2.75, 3.05) is 19.7 Å². The summed E-state index contributed by atoms with van der Waals surface area (Å²) in [6.07, 6.45) is 0.108. The minimum absolute atomic E-state index is 0.0422. The van der Waals surface area contributed by atoms with E-state index in [9.17, 15) is 4.79 Å². The van der Waals surface area contributed by atoms with Crippen LogP contribution in [0.1, 0.15) is 11.9 Å². The van der Waals surface area contributed by atoms with Gasteiger partial charge in [-0.1, -0.05) is 12.1 Å². The molecule has 0 unspecified atom stereocenters. The lowest BCUT2D eigenvalue weighted by molar-refractivity contribution is -0.00351. The second kappa shape index (κ2) is 5.76. The van der Waals surface area contributed by atoms with E-state index in [1.54, 1.807) is 16.2 Å². The molecule has 3 rings (SSSR count). The number of fused-ring (bicyclic) bond motifs is 1. The summed E-state index contributed by atoms with van der Waals surface area (Å²) in [5.41, 5.74) is 0.988. The summed E-state index contributed by atoms with van der Waals surface area (Å²) in [4.78, 5) is 18.4. The number of amides is 2. The van der Waals surface area contributed by atoms with Crippen LogP contribution in [-0.2, 0) is 11.3 Å². The lowest BCUT2D eigenvalue weighted by Crippen LogP contribution is -2.48. The molecule has 2 heterocycles. The highest BCUT2D eigenvalue weighted by Crippen LogP contribution is 2.21. The van der Waals surface area contributed by atoms with Gasteiger partial charge < -0.3 is 15.0 Å². The van der Waals surface area contributed by atoms with Crippen LogP contribution < -0.4 is 5.32 Å². The summed E-state index contributed by atoms with van der Waals surface area (Å²) in [5, 5.41) is 3.86. The Morgan fingerprint density at radius 2 is 2.40 bits per heavy atom. The molecule has 5 nitrogen and oxygen atoms in total. The minimum Gasteiger partial charge on any atom is -0.375 e. The van der Waals surface area contributed by atoms with Gasteiger partial charge in [-0.2, -0.15) is 0 Å². The largest absolute Gasteiger partial charge is 0.375 e. The molecular formula is C14H17N3O2S. The highest BCUT2D eigenvalue weighted by molar-refractivity contribution is 7.18. The molecule has 0 spiro atoms. The molecular weight excluding hydrogens is 274 g/mol. The number of nitrogens with zero attached hydrogens (tertiary/aromatic N) is 2. The summed E-state index contributed by atoms with van der Waals surface area (Å²) in [5.74, 6) is 0. The Labute approximate surface area is 121 Å². The van der Waals surface area contributed by atoms with Gasteiger partial charge in [-0.25, -0.2) is 9.78 Å². The number of urea groups is 1. The predicted molar refractivity (Wildman–Crippen MR) is 78.8 cm³/mol. The van der Waals surface area contributed by atoms with Gasteiger partial charge in [0.2, 0.25) is 0 Å². The molecule has 1 atom stereocenters. The molecule has 1 N–H and O–H groups in total. The van der Waals surface area contributed by atoms with Gasteiger partial charge >= 0.3 is 6.03 Å². The monoisotopic (exact) mass is 291 g/mol. The first-order valence-corrected chi connectivity index (χ1v) is 7.53. The number of morpholine rings is 1. The average Bonchev–Trinajstić information content (AvgIpc) is 2.87. The summed E-state index contributed by atoms with van der Waals surface area (Å²) < 4.78 is 6.58. The number of hydrogen-bond donors (Lipinski definition) is 1. The molecule has 0 aliphatic carbocycles. The number of para-hydroxylation sites is 1. The lowest BCUT2D eigenvalue weighted by atomic mass is 10.3. The van der Waals surface area contributed by atoms with Gasteiger partial charge in [0.15, 0.2) is 0 Å². The van der Waals surface area contributed by atoms with Crippen molar-refractivity contribution in [1.29, 1.82) is 0 Å². The summed E-state index contributed by atoms with van der Waals surface area (Å²) in [7, 11) is 0. The molecule has 0 bridgehead atoms. The Hall–Kier alpha value is -1.66. The molecule has 1 aliphatic heterocycles. The average molecular weight is 291 g/mol. The van der Waals surface area contributed by atoms with Crippen LogP contribution in [0.15, 0.2) is 24.3 Å². The van der Waals surface area contributed by atoms with Crippen molar-refractivity contribution in [3.8, 4) is 0 Å². The topological polar surface area (TPSA) is 54.5 Å². The van der Waals surface area contributed by atoms with E-state index in [1.807, 2.05) is 31.2 Å². The zero-order chi connectivity index (χ0) is 13.9. The van der Waals surface area contributed by atoms with E-state index < -0.39 is 0 Å². The third kappa shape index (κ3) is 2.91. The van der Waals surface area contributed by atoms with E-state index in [2.05, 4.69) is 10.3 Å². The first-order valence-electron chi connectivity index (χ1n) is 6.71. The fourth-order valence-corrected chi connectivity index (χ4v) is 3.17. The van der Waals surface area contributed by atoms with E-state index >= 15 is 0 Å². The summed E-state index contributed by atoms with van der Waals surface area (Å²) >= 11 is 1.62. The quantitative estimate of drug-likeness (QED) is 0.923. The van der Waals surface area contributed by atoms with Crippen LogP contribution in [0.5, 0.6) is 0 Å². The number of aromatic nitrogens is 1. The molecule has 1 saturated heterocycles. The van der Waals surface area contributed by atoms with Crippen LogP contribution in [0.4, 0.5) is 4.79 Å². The third-order valence-electron chi connectivity index (χ3n) is 3.26. The molecule has 1 fully saturated rings. The summed E-state index contributed by atoms with van der Waals surface area (Å²) in [6.45, 7) is 4.36. The Morgan fingerprint density at radius 3 is 3.20 bits per heavy atom. The molecule has 0 saturated carbocycles. The van der Waals surface area contributed by atoms with Gasteiger partial charge in [-0.3, -0.25) is 0 Å². The van der Waals surface area contributed by atoms with Crippen LogP contribution in [0, 0.1) is 0 Å². The predicted octanol–water partition coefficient (Wildman–Crippen LogP) is 2.23. The maximum absolute atomic E-state index is 12.1. The molecule has 6 heteroatoms. The fourth-order valence-electron chi connectivity index (χ4n) is 2.26. The highest BCUT2D eigenvalue weighted by Gasteiger charge is 2.21. The van der Waals surface area contributed by atoms with Crippen LogP contribution >= 0.6 is 11.3 Å². The molecule has 2 amide bonds. The minimum atomic E-state index is -0.0422. The Balaban J connectivity index is 1.59. The zero-order valence-electron chi connectivity index (χ0n) is 11.3. The first kappa shape index (κ1) is 13.3. The van der Waals surface area contributed by atoms with Crippen molar-refractivity contribution in [3.63, 3.8) is 0 Å². The maximum Gasteiger partial charge on any atom is 0.317 e. The van der Waals surface area contributed by atoms with E-state index in [4.69, 9.17) is 4.74 Å². The van der Waals surface area contributed by atoms with Crippen molar-refractivity contribution < 1.29 is 9.53 Å². The second-order valence-electron chi connectivity index (χ2n) is 4.86. The van der Waals surface area contributed by atoms with Gasteiger partial charge in [0.1, 0.15) is 5.01 Å². The van der Waals surface area contributed by atoms with Gasteiger partial charge in [-0.15, -0.1) is 11.3 Å². The first-order chi connectivity index (χ1) is 9.72. The number of rotatable bonds is 2. The van der Waals surface area contributed by atoms with E-state index in [1.165, 1.54) is 0 Å². The normalized spacial score (nSPS) is 19.2. The van der Waals surface area contributed by atoms with Crippen molar-refractivity contribution in [2.24, 2.45) is 0 Å². The van der Waals surface area contributed by atoms with Gasteiger partial charge in [0, 0.05) is 13.1 Å². The number of carbonyl (C=O) groups excluding carboxylic acids is 1. The van der Waals surface area contributed by atoms with E-state index in [-0.39, 0.29) is 12.1 Å². The standard InChI is InChI=1S/C14H17N3O2S/c1-10-9-17(6-7-19-10)14(18)15-8-13-16-11-4-2-3-5-12(11)20-13/h2-5,10H,6-9H2,1H3,(H,15,18)/t10-/m1/s1. The number of hydrogen-bond acceptors (Lipinski definition) is 4. The van der Waals surface area contributed by atoms with Crippen LogP contribution in [0.3, 0.4) is 0 Å².